The van der Waals surface area contributed by atoms with Crippen LogP contribution in [0.1, 0.15) is 24.0 Å². The van der Waals surface area contributed by atoms with Crippen molar-refractivity contribution in [1.29, 1.82) is 5.26 Å². The van der Waals surface area contributed by atoms with E-state index in [2.05, 4.69) is 11.4 Å². The van der Waals surface area contributed by atoms with E-state index < -0.39 is 0 Å². The lowest BCUT2D eigenvalue weighted by molar-refractivity contribution is 0.0662. The molecule has 3 nitrogen and oxygen atoms in total. The summed E-state index contributed by atoms with van der Waals surface area (Å²) in [7, 11) is 0. The lowest BCUT2D eigenvalue weighted by Gasteiger charge is -2.22. The van der Waals surface area contributed by atoms with Crippen LogP contribution in [-0.4, -0.2) is 19.8 Å². The second kappa shape index (κ2) is 6.48. The zero-order chi connectivity index (χ0) is 12.8. The Hall–Kier alpha value is -1.44. The van der Waals surface area contributed by atoms with Gasteiger partial charge in [-0.1, -0.05) is 0 Å². The molecule has 1 aliphatic rings. The molecule has 0 aromatic heterocycles. The molecule has 1 N–H and O–H groups in total. The third-order valence-electron chi connectivity index (χ3n) is 3.28. The van der Waals surface area contributed by atoms with Crippen molar-refractivity contribution in [3.63, 3.8) is 0 Å². The number of hydrogen-bond donors (Lipinski definition) is 1. The molecular formula is C14H17FN2O. The van der Waals surface area contributed by atoms with Crippen LogP contribution in [0, 0.1) is 23.1 Å². The minimum absolute atomic E-state index is 0.295. The second-order valence-corrected chi connectivity index (χ2v) is 4.60. The van der Waals surface area contributed by atoms with Crippen LogP contribution >= 0.6 is 0 Å². The van der Waals surface area contributed by atoms with E-state index in [1.54, 1.807) is 0 Å². The molecule has 1 aliphatic heterocycles. The summed E-state index contributed by atoms with van der Waals surface area (Å²) >= 11 is 0. The number of ether oxygens (including phenoxy) is 1. The van der Waals surface area contributed by atoms with Gasteiger partial charge in [-0.05, 0) is 49.1 Å². The summed E-state index contributed by atoms with van der Waals surface area (Å²) < 4.78 is 18.4. The molecule has 1 saturated heterocycles. The zero-order valence-electron chi connectivity index (χ0n) is 10.3. The quantitative estimate of drug-likeness (QED) is 0.888. The maximum absolute atomic E-state index is 13.1. The van der Waals surface area contributed by atoms with Gasteiger partial charge in [0.2, 0.25) is 0 Å². The van der Waals surface area contributed by atoms with Crippen molar-refractivity contribution < 1.29 is 9.13 Å². The SMILES string of the molecule is N#Cc1ccc(F)cc1CNCC1CCOCC1. The van der Waals surface area contributed by atoms with Crippen molar-refractivity contribution in [3.05, 3.63) is 35.1 Å². The van der Waals surface area contributed by atoms with Crippen LogP contribution in [-0.2, 0) is 11.3 Å². The minimum Gasteiger partial charge on any atom is -0.381 e. The first kappa shape index (κ1) is 13.0. The Balaban J connectivity index is 1.86. The highest BCUT2D eigenvalue weighted by atomic mass is 19.1. The van der Waals surface area contributed by atoms with E-state index in [0.29, 0.717) is 18.0 Å². The van der Waals surface area contributed by atoms with E-state index in [-0.39, 0.29) is 5.82 Å². The molecule has 4 heteroatoms. The number of nitrogens with one attached hydrogen (secondary N) is 1. The first-order valence-corrected chi connectivity index (χ1v) is 6.26. The molecule has 1 aromatic carbocycles. The molecule has 0 bridgehead atoms. The van der Waals surface area contributed by atoms with E-state index >= 15 is 0 Å². The summed E-state index contributed by atoms with van der Waals surface area (Å²) in [4.78, 5) is 0. The molecule has 1 aromatic rings. The van der Waals surface area contributed by atoms with Gasteiger partial charge < -0.3 is 10.1 Å². The Bertz CT molecular complexity index is 436. The maximum atomic E-state index is 13.1. The summed E-state index contributed by atoms with van der Waals surface area (Å²) in [5.74, 6) is 0.328. The van der Waals surface area contributed by atoms with Gasteiger partial charge in [0.15, 0.2) is 0 Å². The Morgan fingerprint density at radius 3 is 2.89 bits per heavy atom. The molecule has 0 saturated carbocycles. The van der Waals surface area contributed by atoms with Gasteiger partial charge in [-0.25, -0.2) is 4.39 Å². The molecule has 0 atom stereocenters. The molecule has 18 heavy (non-hydrogen) atoms. The highest BCUT2D eigenvalue weighted by Crippen LogP contribution is 2.14. The highest BCUT2D eigenvalue weighted by Gasteiger charge is 2.13. The predicted octanol–water partition coefficient (Wildman–Crippen LogP) is 2.21. The van der Waals surface area contributed by atoms with Crippen LogP contribution in [0.25, 0.3) is 0 Å². The largest absolute Gasteiger partial charge is 0.381 e. The smallest absolute Gasteiger partial charge is 0.123 e. The molecule has 1 heterocycles. The summed E-state index contributed by atoms with van der Waals surface area (Å²) in [6, 6.07) is 6.36. The standard InChI is InChI=1S/C14H17FN2O/c15-14-2-1-12(8-16)13(7-14)10-17-9-11-3-5-18-6-4-11/h1-2,7,11,17H,3-6,9-10H2. The van der Waals surface area contributed by atoms with Crippen molar-refractivity contribution in [3.8, 4) is 6.07 Å². The van der Waals surface area contributed by atoms with Crippen LogP contribution in [0.5, 0.6) is 0 Å². The summed E-state index contributed by atoms with van der Waals surface area (Å²) in [5.41, 5.74) is 1.26. The van der Waals surface area contributed by atoms with Gasteiger partial charge in [-0.15, -0.1) is 0 Å². The van der Waals surface area contributed by atoms with Crippen molar-refractivity contribution >= 4 is 0 Å². The molecule has 1 fully saturated rings. The van der Waals surface area contributed by atoms with Crippen molar-refractivity contribution in [2.75, 3.05) is 19.8 Å². The van der Waals surface area contributed by atoms with E-state index in [1.165, 1.54) is 18.2 Å². The fourth-order valence-electron chi connectivity index (χ4n) is 2.18. The number of nitriles is 1. The molecular weight excluding hydrogens is 231 g/mol. The second-order valence-electron chi connectivity index (χ2n) is 4.60. The van der Waals surface area contributed by atoms with Crippen LogP contribution < -0.4 is 5.32 Å². The van der Waals surface area contributed by atoms with Gasteiger partial charge >= 0.3 is 0 Å². The molecule has 0 unspecified atom stereocenters. The van der Waals surface area contributed by atoms with Crippen LogP contribution in [0.4, 0.5) is 4.39 Å². The van der Waals surface area contributed by atoms with Gasteiger partial charge in [-0.2, -0.15) is 5.26 Å². The van der Waals surface area contributed by atoms with Crippen LogP contribution in [0.15, 0.2) is 18.2 Å². The Kier molecular flexibility index (Phi) is 4.68. The van der Waals surface area contributed by atoms with Crippen molar-refractivity contribution in [1.82, 2.24) is 5.32 Å². The number of halogens is 1. The average molecular weight is 248 g/mol. The van der Waals surface area contributed by atoms with E-state index in [4.69, 9.17) is 10.00 Å². The van der Waals surface area contributed by atoms with E-state index in [1.807, 2.05) is 0 Å². The lowest BCUT2D eigenvalue weighted by Crippen LogP contribution is -2.27. The lowest BCUT2D eigenvalue weighted by atomic mass is 10.00. The monoisotopic (exact) mass is 248 g/mol. The molecule has 2 rings (SSSR count). The van der Waals surface area contributed by atoms with Gasteiger partial charge in [0.1, 0.15) is 5.82 Å². The average Bonchev–Trinajstić information content (AvgIpc) is 2.40. The molecule has 0 radical (unpaired) electrons. The Labute approximate surface area is 107 Å². The summed E-state index contributed by atoms with van der Waals surface area (Å²) in [5, 5.41) is 12.2. The minimum atomic E-state index is -0.295. The van der Waals surface area contributed by atoms with Gasteiger partial charge in [0, 0.05) is 19.8 Å². The van der Waals surface area contributed by atoms with E-state index in [9.17, 15) is 4.39 Å². The topological polar surface area (TPSA) is 45.0 Å². The molecule has 0 amide bonds. The number of rotatable bonds is 4. The van der Waals surface area contributed by atoms with E-state index in [0.717, 1.165) is 38.2 Å². The molecule has 96 valence electrons. The normalized spacial score (nSPS) is 16.4. The summed E-state index contributed by atoms with van der Waals surface area (Å²) in [6.45, 7) is 3.09. The van der Waals surface area contributed by atoms with Crippen molar-refractivity contribution in [2.24, 2.45) is 5.92 Å². The maximum Gasteiger partial charge on any atom is 0.123 e. The zero-order valence-corrected chi connectivity index (χ0v) is 10.3. The Morgan fingerprint density at radius 2 is 2.17 bits per heavy atom. The summed E-state index contributed by atoms with van der Waals surface area (Å²) in [6.07, 6.45) is 2.14. The van der Waals surface area contributed by atoms with Gasteiger partial charge in [0.05, 0.1) is 11.6 Å². The van der Waals surface area contributed by atoms with Crippen molar-refractivity contribution in [2.45, 2.75) is 19.4 Å². The first-order chi connectivity index (χ1) is 8.79. The highest BCUT2D eigenvalue weighted by molar-refractivity contribution is 5.37. The van der Waals surface area contributed by atoms with Gasteiger partial charge in [-0.3, -0.25) is 0 Å². The Morgan fingerprint density at radius 1 is 1.39 bits per heavy atom. The number of nitrogens with zero attached hydrogens (tertiary/aromatic N) is 1. The molecule has 0 spiro atoms. The fourth-order valence-corrected chi connectivity index (χ4v) is 2.18. The predicted molar refractivity (Wildman–Crippen MR) is 66.4 cm³/mol. The third kappa shape index (κ3) is 3.52. The van der Waals surface area contributed by atoms with Gasteiger partial charge in [0.25, 0.3) is 0 Å². The number of benzene rings is 1. The van der Waals surface area contributed by atoms with Crippen LogP contribution in [0.3, 0.4) is 0 Å². The third-order valence-corrected chi connectivity index (χ3v) is 3.28. The first-order valence-electron chi connectivity index (χ1n) is 6.26. The fraction of sp³-hybridized carbons (Fsp3) is 0.500. The number of hydrogen-bond acceptors (Lipinski definition) is 3. The molecule has 0 aliphatic carbocycles. The van der Waals surface area contributed by atoms with Crippen LogP contribution in [0.2, 0.25) is 0 Å².